The molecule has 2 unspecified atom stereocenters. The minimum absolute atomic E-state index is 0.00212. The summed E-state index contributed by atoms with van der Waals surface area (Å²) < 4.78 is 5.32. The molecular formula is C17H24N2O2. The smallest absolute Gasteiger partial charge is 0.241 e. The monoisotopic (exact) mass is 288 g/mol. The molecule has 1 aliphatic carbocycles. The molecule has 0 spiro atoms. The number of aryl methyl sites for hydroxylation is 1. The fourth-order valence-corrected chi connectivity index (χ4v) is 3.27. The summed E-state index contributed by atoms with van der Waals surface area (Å²) in [7, 11) is 1.68. The lowest BCUT2D eigenvalue weighted by Crippen LogP contribution is -2.37. The Morgan fingerprint density at radius 3 is 2.71 bits per heavy atom. The minimum atomic E-state index is -0.0996. The van der Waals surface area contributed by atoms with Crippen LogP contribution in [0.1, 0.15) is 43.5 Å². The predicted octanol–water partition coefficient (Wildman–Crippen LogP) is 2.62. The maximum atomic E-state index is 12.4. The number of nitrogens with zero attached hydrogens (tertiary/aromatic N) is 1. The summed E-state index contributed by atoms with van der Waals surface area (Å²) in [6, 6.07) is 6.07. The summed E-state index contributed by atoms with van der Waals surface area (Å²) in [6.07, 6.45) is 3.82. The molecule has 1 aliphatic heterocycles. The Hall–Kier alpha value is -1.55. The number of benzene rings is 1. The van der Waals surface area contributed by atoms with Crippen LogP contribution < -0.4 is 10.1 Å². The first-order valence-electron chi connectivity index (χ1n) is 7.81. The predicted molar refractivity (Wildman–Crippen MR) is 82.1 cm³/mol. The van der Waals surface area contributed by atoms with E-state index < -0.39 is 0 Å². The standard InChI is InChI=1S/C17H24N2O2/c1-11-9-14(7-8-15(11)21-3)16-18-12(2)17(20)19(16)10-13-5-4-6-13/h7-9,12-13,16,18H,4-6,10H2,1-3H3. The van der Waals surface area contributed by atoms with Crippen molar-refractivity contribution < 1.29 is 9.53 Å². The highest BCUT2D eigenvalue weighted by Gasteiger charge is 2.38. The number of methoxy groups -OCH3 is 1. The number of nitrogens with one attached hydrogen (secondary N) is 1. The number of hydrogen-bond acceptors (Lipinski definition) is 3. The van der Waals surface area contributed by atoms with Gasteiger partial charge in [-0.15, -0.1) is 0 Å². The van der Waals surface area contributed by atoms with Gasteiger partial charge in [-0.05, 0) is 55.9 Å². The van der Waals surface area contributed by atoms with Gasteiger partial charge in [0, 0.05) is 6.54 Å². The van der Waals surface area contributed by atoms with Crippen LogP contribution in [0.3, 0.4) is 0 Å². The molecule has 3 rings (SSSR count). The second-order valence-electron chi connectivity index (χ2n) is 6.31. The molecule has 1 aromatic rings. The van der Waals surface area contributed by atoms with Crippen molar-refractivity contribution in [3.63, 3.8) is 0 Å². The number of hydrogen-bond donors (Lipinski definition) is 1. The third kappa shape index (κ3) is 2.64. The van der Waals surface area contributed by atoms with Crippen LogP contribution in [-0.4, -0.2) is 30.5 Å². The molecule has 2 aliphatic rings. The van der Waals surface area contributed by atoms with E-state index in [1.54, 1.807) is 7.11 Å². The average Bonchev–Trinajstić information content (AvgIpc) is 2.70. The topological polar surface area (TPSA) is 41.6 Å². The minimum Gasteiger partial charge on any atom is -0.496 e. The Kier molecular flexibility index (Phi) is 3.89. The van der Waals surface area contributed by atoms with Crippen LogP contribution in [0.25, 0.3) is 0 Å². The van der Waals surface area contributed by atoms with Gasteiger partial charge in [0.05, 0.1) is 13.2 Å². The van der Waals surface area contributed by atoms with Crippen LogP contribution in [0, 0.1) is 12.8 Å². The Bertz CT molecular complexity index is 540. The van der Waals surface area contributed by atoms with E-state index in [2.05, 4.69) is 17.4 Å². The third-order valence-electron chi connectivity index (χ3n) is 4.79. The van der Waals surface area contributed by atoms with Crippen molar-refractivity contribution >= 4 is 5.91 Å². The van der Waals surface area contributed by atoms with Gasteiger partial charge in [-0.25, -0.2) is 0 Å². The van der Waals surface area contributed by atoms with Gasteiger partial charge in [-0.1, -0.05) is 12.5 Å². The van der Waals surface area contributed by atoms with Gasteiger partial charge < -0.3 is 9.64 Å². The van der Waals surface area contributed by atoms with Crippen LogP contribution >= 0.6 is 0 Å². The summed E-state index contributed by atoms with van der Waals surface area (Å²) in [4.78, 5) is 14.4. The van der Waals surface area contributed by atoms with Gasteiger partial charge in [-0.2, -0.15) is 0 Å². The zero-order chi connectivity index (χ0) is 15.0. The molecule has 21 heavy (non-hydrogen) atoms. The van der Waals surface area contributed by atoms with Crippen LogP contribution in [0.15, 0.2) is 18.2 Å². The van der Waals surface area contributed by atoms with Crippen LogP contribution in [0.5, 0.6) is 5.75 Å². The van der Waals surface area contributed by atoms with Crippen molar-refractivity contribution in [3.05, 3.63) is 29.3 Å². The van der Waals surface area contributed by atoms with Gasteiger partial charge in [0.15, 0.2) is 0 Å². The summed E-state index contributed by atoms with van der Waals surface area (Å²) in [5.74, 6) is 1.80. The van der Waals surface area contributed by atoms with Gasteiger partial charge in [0.25, 0.3) is 0 Å². The number of carbonyl (C=O) groups is 1. The van der Waals surface area contributed by atoms with E-state index in [0.717, 1.165) is 23.4 Å². The molecule has 2 atom stereocenters. The van der Waals surface area contributed by atoms with E-state index >= 15 is 0 Å². The van der Waals surface area contributed by atoms with Crippen LogP contribution in [0.2, 0.25) is 0 Å². The van der Waals surface area contributed by atoms with Crippen molar-refractivity contribution in [2.45, 2.75) is 45.3 Å². The second-order valence-corrected chi connectivity index (χ2v) is 6.31. The molecule has 0 aromatic heterocycles. The zero-order valence-corrected chi connectivity index (χ0v) is 13.1. The summed E-state index contributed by atoms with van der Waals surface area (Å²) in [5.41, 5.74) is 2.25. The van der Waals surface area contributed by atoms with Crippen molar-refractivity contribution in [2.75, 3.05) is 13.7 Å². The Morgan fingerprint density at radius 2 is 2.14 bits per heavy atom. The van der Waals surface area contributed by atoms with Crippen molar-refractivity contribution in [2.24, 2.45) is 5.92 Å². The molecule has 1 heterocycles. The molecule has 1 aromatic carbocycles. The van der Waals surface area contributed by atoms with Gasteiger partial charge in [0.1, 0.15) is 11.9 Å². The van der Waals surface area contributed by atoms with E-state index in [4.69, 9.17) is 4.74 Å². The van der Waals surface area contributed by atoms with Gasteiger partial charge in [0.2, 0.25) is 5.91 Å². The lowest BCUT2D eigenvalue weighted by molar-refractivity contribution is -0.130. The SMILES string of the molecule is COc1ccc(C2NC(C)C(=O)N2CC2CCC2)cc1C. The molecule has 2 fully saturated rings. The number of rotatable bonds is 4. The first-order chi connectivity index (χ1) is 10.1. The molecular weight excluding hydrogens is 264 g/mol. The Balaban J connectivity index is 1.84. The van der Waals surface area contributed by atoms with Gasteiger partial charge >= 0.3 is 0 Å². The van der Waals surface area contributed by atoms with Crippen molar-refractivity contribution in [1.82, 2.24) is 10.2 Å². The zero-order valence-electron chi connectivity index (χ0n) is 13.1. The maximum absolute atomic E-state index is 12.4. The molecule has 1 saturated carbocycles. The first kappa shape index (κ1) is 14.4. The quantitative estimate of drug-likeness (QED) is 0.926. The fourth-order valence-electron chi connectivity index (χ4n) is 3.27. The van der Waals surface area contributed by atoms with Crippen LogP contribution in [-0.2, 0) is 4.79 Å². The normalized spacial score (nSPS) is 26.0. The average molecular weight is 288 g/mol. The van der Waals surface area contributed by atoms with E-state index in [1.807, 2.05) is 24.8 Å². The van der Waals surface area contributed by atoms with Crippen LogP contribution in [0.4, 0.5) is 0 Å². The molecule has 0 bridgehead atoms. The lowest BCUT2D eigenvalue weighted by atomic mass is 9.85. The largest absolute Gasteiger partial charge is 0.496 e. The maximum Gasteiger partial charge on any atom is 0.241 e. The first-order valence-corrected chi connectivity index (χ1v) is 7.81. The molecule has 4 heteroatoms. The summed E-state index contributed by atoms with van der Waals surface area (Å²) in [5, 5.41) is 3.42. The highest BCUT2D eigenvalue weighted by Crippen LogP contribution is 2.33. The number of carbonyl (C=O) groups excluding carboxylic acids is 1. The molecule has 1 N–H and O–H groups in total. The third-order valence-corrected chi connectivity index (χ3v) is 4.79. The molecule has 4 nitrogen and oxygen atoms in total. The van der Waals surface area contributed by atoms with E-state index in [9.17, 15) is 4.79 Å². The molecule has 114 valence electrons. The van der Waals surface area contributed by atoms with E-state index in [0.29, 0.717) is 5.92 Å². The van der Waals surface area contributed by atoms with E-state index in [1.165, 1.54) is 19.3 Å². The number of amides is 1. The molecule has 1 amide bonds. The highest BCUT2D eigenvalue weighted by molar-refractivity contribution is 5.84. The Morgan fingerprint density at radius 1 is 1.38 bits per heavy atom. The Labute approximate surface area is 126 Å². The molecule has 1 saturated heterocycles. The molecule has 0 radical (unpaired) electrons. The second kappa shape index (κ2) is 5.68. The van der Waals surface area contributed by atoms with Crippen molar-refractivity contribution in [3.8, 4) is 5.75 Å². The highest BCUT2D eigenvalue weighted by atomic mass is 16.5. The fraction of sp³-hybridized carbons (Fsp3) is 0.588. The lowest BCUT2D eigenvalue weighted by Gasteiger charge is -2.33. The summed E-state index contributed by atoms with van der Waals surface area (Å²) in [6.45, 7) is 4.87. The van der Waals surface area contributed by atoms with Gasteiger partial charge in [-0.3, -0.25) is 10.1 Å². The van der Waals surface area contributed by atoms with Crippen molar-refractivity contribution in [1.29, 1.82) is 0 Å². The van der Waals surface area contributed by atoms with E-state index in [-0.39, 0.29) is 18.1 Å². The number of ether oxygens (including phenoxy) is 1. The summed E-state index contributed by atoms with van der Waals surface area (Å²) >= 11 is 0.